The van der Waals surface area contributed by atoms with Crippen molar-refractivity contribution >= 4 is 11.3 Å². The summed E-state index contributed by atoms with van der Waals surface area (Å²) in [4.78, 5) is 1.02. The number of hydrogen-bond acceptors (Lipinski definition) is 3. The molecule has 1 aromatic rings. The number of halogens is 3. The van der Waals surface area contributed by atoms with Crippen LogP contribution in [0.15, 0.2) is 17.5 Å². The van der Waals surface area contributed by atoms with Gasteiger partial charge in [0.1, 0.15) is 0 Å². The molecule has 1 fully saturated rings. The first kappa shape index (κ1) is 13.8. The Morgan fingerprint density at radius 3 is 2.72 bits per heavy atom. The Kier molecular flexibility index (Phi) is 4.29. The molecule has 1 aliphatic carbocycles. The van der Waals surface area contributed by atoms with Gasteiger partial charge in [0.25, 0.3) is 0 Å². The summed E-state index contributed by atoms with van der Waals surface area (Å²) in [6.07, 6.45) is -2.22. The number of hydrazine groups is 1. The SMILES string of the molecule is NNC(c1cccs1)C1CCCC(C(F)(F)F)C1. The molecule has 2 nitrogen and oxygen atoms in total. The van der Waals surface area contributed by atoms with Crippen molar-refractivity contribution < 1.29 is 13.2 Å². The molecule has 0 radical (unpaired) electrons. The zero-order valence-electron chi connectivity index (χ0n) is 9.91. The second kappa shape index (κ2) is 5.59. The molecular weight excluding hydrogens is 261 g/mol. The highest BCUT2D eigenvalue weighted by Crippen LogP contribution is 2.44. The summed E-state index contributed by atoms with van der Waals surface area (Å²) < 4.78 is 38.3. The van der Waals surface area contributed by atoms with Gasteiger partial charge in [-0.1, -0.05) is 12.5 Å². The van der Waals surface area contributed by atoms with Crippen molar-refractivity contribution in [2.24, 2.45) is 17.7 Å². The molecule has 18 heavy (non-hydrogen) atoms. The molecule has 0 bridgehead atoms. The summed E-state index contributed by atoms with van der Waals surface area (Å²) in [7, 11) is 0. The highest BCUT2D eigenvalue weighted by atomic mass is 32.1. The number of thiophene rings is 1. The number of rotatable bonds is 3. The maximum atomic E-state index is 12.8. The van der Waals surface area contributed by atoms with Gasteiger partial charge in [-0.25, -0.2) is 0 Å². The molecule has 1 aliphatic rings. The Hall–Kier alpha value is -0.590. The van der Waals surface area contributed by atoms with Gasteiger partial charge < -0.3 is 0 Å². The van der Waals surface area contributed by atoms with Gasteiger partial charge in [0, 0.05) is 4.88 Å². The highest BCUT2D eigenvalue weighted by molar-refractivity contribution is 7.10. The van der Waals surface area contributed by atoms with Gasteiger partial charge in [0.05, 0.1) is 12.0 Å². The standard InChI is InChI=1S/C12H17F3N2S/c13-12(14,15)9-4-1-3-8(7-9)11(17-16)10-5-2-6-18-10/h2,5-6,8-9,11,17H,1,3-4,7,16H2. The van der Waals surface area contributed by atoms with E-state index in [0.717, 1.165) is 11.3 Å². The lowest BCUT2D eigenvalue weighted by atomic mass is 9.77. The van der Waals surface area contributed by atoms with Crippen molar-refractivity contribution in [3.8, 4) is 0 Å². The van der Waals surface area contributed by atoms with Crippen LogP contribution in [0.1, 0.15) is 36.6 Å². The van der Waals surface area contributed by atoms with Gasteiger partial charge >= 0.3 is 6.18 Å². The molecule has 1 aromatic heterocycles. The molecule has 0 aromatic carbocycles. The van der Waals surface area contributed by atoms with Crippen LogP contribution in [-0.2, 0) is 0 Å². The first-order valence-corrected chi connectivity index (χ1v) is 6.96. The Balaban J connectivity index is 2.08. The lowest BCUT2D eigenvalue weighted by Crippen LogP contribution is -2.38. The molecule has 0 aliphatic heterocycles. The van der Waals surface area contributed by atoms with Crippen molar-refractivity contribution in [2.75, 3.05) is 0 Å². The molecule has 0 amide bonds. The fourth-order valence-electron chi connectivity index (χ4n) is 2.75. The minimum atomic E-state index is -4.08. The van der Waals surface area contributed by atoms with E-state index in [0.29, 0.717) is 6.42 Å². The minimum Gasteiger partial charge on any atom is -0.271 e. The second-order valence-electron chi connectivity index (χ2n) is 4.82. The van der Waals surface area contributed by atoms with E-state index in [1.807, 2.05) is 17.5 Å². The first-order chi connectivity index (χ1) is 8.52. The average molecular weight is 278 g/mol. The van der Waals surface area contributed by atoms with E-state index in [2.05, 4.69) is 5.43 Å². The van der Waals surface area contributed by atoms with Gasteiger partial charge in [-0.15, -0.1) is 11.3 Å². The molecule has 3 atom stereocenters. The Bertz CT molecular complexity index is 364. The maximum Gasteiger partial charge on any atom is 0.391 e. The van der Waals surface area contributed by atoms with Crippen LogP contribution in [-0.4, -0.2) is 6.18 Å². The number of nitrogens with two attached hydrogens (primary N) is 1. The molecule has 1 heterocycles. The molecule has 3 N–H and O–H groups in total. The Morgan fingerprint density at radius 1 is 1.39 bits per heavy atom. The third-order valence-electron chi connectivity index (χ3n) is 3.68. The molecule has 2 rings (SSSR count). The van der Waals surface area contributed by atoms with Crippen molar-refractivity contribution in [3.05, 3.63) is 22.4 Å². The van der Waals surface area contributed by atoms with E-state index in [1.54, 1.807) is 0 Å². The largest absolute Gasteiger partial charge is 0.391 e. The first-order valence-electron chi connectivity index (χ1n) is 6.08. The van der Waals surface area contributed by atoms with E-state index in [9.17, 15) is 13.2 Å². The molecule has 6 heteroatoms. The summed E-state index contributed by atoms with van der Waals surface area (Å²) in [5.41, 5.74) is 2.69. The lowest BCUT2D eigenvalue weighted by Gasteiger charge is -2.34. The summed E-state index contributed by atoms with van der Waals surface area (Å²) in [6.45, 7) is 0. The quantitative estimate of drug-likeness (QED) is 0.654. The van der Waals surface area contributed by atoms with Crippen LogP contribution in [0, 0.1) is 11.8 Å². The van der Waals surface area contributed by atoms with Crippen molar-refractivity contribution in [1.82, 2.24) is 5.43 Å². The third-order valence-corrected chi connectivity index (χ3v) is 4.63. The minimum absolute atomic E-state index is 0.0333. The van der Waals surface area contributed by atoms with Crippen LogP contribution < -0.4 is 11.3 Å². The summed E-state index contributed by atoms with van der Waals surface area (Å²) in [5.74, 6) is 4.32. The van der Waals surface area contributed by atoms with Crippen molar-refractivity contribution in [1.29, 1.82) is 0 Å². The van der Waals surface area contributed by atoms with E-state index >= 15 is 0 Å². The topological polar surface area (TPSA) is 38.0 Å². The smallest absolute Gasteiger partial charge is 0.271 e. The summed E-state index contributed by atoms with van der Waals surface area (Å²) in [6, 6.07) is 3.66. The summed E-state index contributed by atoms with van der Waals surface area (Å²) in [5, 5.41) is 1.92. The number of alkyl halides is 3. The Labute approximate surface area is 108 Å². The molecular formula is C12H17F3N2S. The monoisotopic (exact) mass is 278 g/mol. The molecule has 1 saturated carbocycles. The van der Waals surface area contributed by atoms with Gasteiger partial charge in [-0.2, -0.15) is 13.2 Å². The van der Waals surface area contributed by atoms with Crippen molar-refractivity contribution in [2.45, 2.75) is 37.9 Å². The fraction of sp³-hybridized carbons (Fsp3) is 0.667. The van der Waals surface area contributed by atoms with E-state index < -0.39 is 12.1 Å². The molecule has 0 spiro atoms. The van der Waals surface area contributed by atoms with Crippen LogP contribution in [0.4, 0.5) is 13.2 Å². The van der Waals surface area contributed by atoms with Crippen LogP contribution >= 0.6 is 11.3 Å². The average Bonchev–Trinajstić information content (AvgIpc) is 2.83. The normalized spacial score (nSPS) is 27.1. The van der Waals surface area contributed by atoms with Crippen LogP contribution in [0.25, 0.3) is 0 Å². The van der Waals surface area contributed by atoms with Gasteiger partial charge in [-0.05, 0) is 36.6 Å². The zero-order valence-corrected chi connectivity index (χ0v) is 10.7. The number of nitrogens with one attached hydrogen (secondary N) is 1. The van der Waals surface area contributed by atoms with E-state index in [1.165, 1.54) is 11.3 Å². The zero-order chi connectivity index (χ0) is 13.2. The Morgan fingerprint density at radius 2 is 2.17 bits per heavy atom. The molecule has 0 saturated heterocycles. The predicted octanol–water partition coefficient (Wildman–Crippen LogP) is 3.62. The highest BCUT2D eigenvalue weighted by Gasteiger charge is 2.43. The van der Waals surface area contributed by atoms with Crippen LogP contribution in [0.3, 0.4) is 0 Å². The van der Waals surface area contributed by atoms with Crippen LogP contribution in [0.5, 0.6) is 0 Å². The van der Waals surface area contributed by atoms with E-state index in [4.69, 9.17) is 5.84 Å². The van der Waals surface area contributed by atoms with Gasteiger partial charge in [0.15, 0.2) is 0 Å². The van der Waals surface area contributed by atoms with Crippen LogP contribution in [0.2, 0.25) is 0 Å². The lowest BCUT2D eigenvalue weighted by molar-refractivity contribution is -0.186. The van der Waals surface area contributed by atoms with E-state index in [-0.39, 0.29) is 24.8 Å². The number of hydrogen-bond donors (Lipinski definition) is 2. The van der Waals surface area contributed by atoms with Gasteiger partial charge in [0.2, 0.25) is 0 Å². The third kappa shape index (κ3) is 3.05. The molecule has 102 valence electrons. The summed E-state index contributed by atoms with van der Waals surface area (Å²) >= 11 is 1.53. The van der Waals surface area contributed by atoms with Crippen molar-refractivity contribution in [3.63, 3.8) is 0 Å². The molecule has 3 unspecified atom stereocenters. The fourth-order valence-corrected chi connectivity index (χ4v) is 3.62. The second-order valence-corrected chi connectivity index (χ2v) is 5.80. The predicted molar refractivity (Wildman–Crippen MR) is 65.9 cm³/mol. The van der Waals surface area contributed by atoms with Gasteiger partial charge in [-0.3, -0.25) is 11.3 Å². The maximum absolute atomic E-state index is 12.8.